The Bertz CT molecular complexity index is 795. The molecule has 2 aromatic rings. The molecule has 1 amide bonds. The van der Waals surface area contributed by atoms with Crippen molar-refractivity contribution in [1.29, 1.82) is 0 Å². The number of likely N-dealkylation sites (tertiary alicyclic amines) is 1. The highest BCUT2D eigenvalue weighted by Crippen LogP contribution is 2.21. The molecule has 1 heterocycles. The minimum absolute atomic E-state index is 0.0737. The van der Waals surface area contributed by atoms with Gasteiger partial charge in [-0.25, -0.2) is 4.39 Å². The summed E-state index contributed by atoms with van der Waals surface area (Å²) in [6, 6.07) is 12.3. The third-order valence-electron chi connectivity index (χ3n) is 4.92. The number of rotatable bonds is 7. The van der Waals surface area contributed by atoms with Gasteiger partial charge in [0.1, 0.15) is 18.2 Å². The second kappa shape index (κ2) is 9.66. The van der Waals surface area contributed by atoms with Crippen molar-refractivity contribution in [2.75, 3.05) is 26.2 Å². The molecular weight excluding hydrogens is 357 g/mol. The van der Waals surface area contributed by atoms with Crippen LogP contribution in [0.5, 0.6) is 5.75 Å². The Kier molecular flexibility index (Phi) is 7.01. The van der Waals surface area contributed by atoms with E-state index in [0.29, 0.717) is 24.5 Å². The first kappa shape index (κ1) is 20.3. The molecule has 0 aliphatic carbocycles. The number of nitrogens with one attached hydrogen (secondary N) is 1. The normalized spacial score (nSPS) is 17.3. The van der Waals surface area contributed by atoms with Gasteiger partial charge in [0.15, 0.2) is 0 Å². The van der Waals surface area contributed by atoms with E-state index >= 15 is 0 Å². The minimum Gasteiger partial charge on any atom is -0.491 e. The van der Waals surface area contributed by atoms with Crippen LogP contribution in [0.25, 0.3) is 0 Å². The van der Waals surface area contributed by atoms with Crippen LogP contribution in [0.15, 0.2) is 42.5 Å². The zero-order valence-corrected chi connectivity index (χ0v) is 16.3. The summed E-state index contributed by atoms with van der Waals surface area (Å²) in [6.07, 6.45) is 1.95. The van der Waals surface area contributed by atoms with E-state index in [-0.39, 0.29) is 17.8 Å². The summed E-state index contributed by atoms with van der Waals surface area (Å²) in [5.74, 6) is 0.218. The first-order valence-electron chi connectivity index (χ1n) is 9.76. The Labute approximate surface area is 165 Å². The lowest BCUT2D eigenvalue weighted by molar-refractivity contribution is 0.0896. The van der Waals surface area contributed by atoms with Gasteiger partial charge in [-0.1, -0.05) is 23.8 Å². The summed E-state index contributed by atoms with van der Waals surface area (Å²) < 4.78 is 18.7. The maximum Gasteiger partial charge on any atom is 0.255 e. The van der Waals surface area contributed by atoms with Crippen LogP contribution in [-0.2, 0) is 6.54 Å². The van der Waals surface area contributed by atoms with Crippen LogP contribution in [0.4, 0.5) is 4.39 Å². The van der Waals surface area contributed by atoms with Gasteiger partial charge in [0.2, 0.25) is 0 Å². The lowest BCUT2D eigenvalue weighted by Gasteiger charge is -2.33. The minimum atomic E-state index is -0.224. The highest BCUT2D eigenvalue weighted by Gasteiger charge is 2.23. The number of benzene rings is 2. The Morgan fingerprint density at radius 3 is 2.82 bits per heavy atom. The molecule has 1 aliphatic heterocycles. The first-order chi connectivity index (χ1) is 13.5. The number of halogens is 1. The second-order valence-electron chi connectivity index (χ2n) is 7.31. The van der Waals surface area contributed by atoms with E-state index < -0.39 is 0 Å². The molecule has 1 atom stereocenters. The van der Waals surface area contributed by atoms with Crippen LogP contribution in [0, 0.1) is 12.7 Å². The second-order valence-corrected chi connectivity index (χ2v) is 7.31. The third-order valence-corrected chi connectivity index (χ3v) is 4.92. The molecule has 0 radical (unpaired) electrons. The molecule has 0 unspecified atom stereocenters. The van der Waals surface area contributed by atoms with Gasteiger partial charge in [-0.2, -0.15) is 0 Å². The van der Waals surface area contributed by atoms with Gasteiger partial charge in [-0.05, 0) is 56.1 Å². The predicted molar refractivity (Wildman–Crippen MR) is 108 cm³/mol. The van der Waals surface area contributed by atoms with Crippen molar-refractivity contribution in [3.8, 4) is 5.75 Å². The van der Waals surface area contributed by atoms with Gasteiger partial charge >= 0.3 is 0 Å². The number of carbonyl (C=O) groups excluding carboxylic acids is 1. The van der Waals surface area contributed by atoms with Crippen molar-refractivity contribution in [3.63, 3.8) is 0 Å². The van der Waals surface area contributed by atoms with Gasteiger partial charge in [-0.3, -0.25) is 9.69 Å². The molecule has 5 nitrogen and oxygen atoms in total. The molecule has 1 aliphatic rings. The number of hydrogen-bond donors (Lipinski definition) is 2. The molecule has 0 bridgehead atoms. The van der Waals surface area contributed by atoms with Crippen molar-refractivity contribution in [3.05, 3.63) is 65.0 Å². The molecule has 150 valence electrons. The average molecular weight is 385 g/mol. The Hall–Kier alpha value is -2.44. The molecule has 1 saturated heterocycles. The molecule has 3 N–H and O–H groups in total. The van der Waals surface area contributed by atoms with Crippen molar-refractivity contribution in [2.24, 2.45) is 5.73 Å². The fourth-order valence-corrected chi connectivity index (χ4v) is 3.54. The zero-order valence-electron chi connectivity index (χ0n) is 16.3. The van der Waals surface area contributed by atoms with Gasteiger partial charge in [0.25, 0.3) is 5.91 Å². The summed E-state index contributed by atoms with van der Waals surface area (Å²) in [7, 11) is 0. The average Bonchev–Trinajstić information content (AvgIpc) is 2.69. The summed E-state index contributed by atoms with van der Waals surface area (Å²) in [6.45, 7) is 5.22. The quantitative estimate of drug-likeness (QED) is 0.769. The van der Waals surface area contributed by atoms with Crippen LogP contribution in [0.3, 0.4) is 0 Å². The van der Waals surface area contributed by atoms with E-state index in [2.05, 4.69) is 10.2 Å². The lowest BCUT2D eigenvalue weighted by Crippen LogP contribution is -2.47. The molecule has 3 rings (SSSR count). The van der Waals surface area contributed by atoms with Gasteiger partial charge < -0.3 is 15.8 Å². The van der Waals surface area contributed by atoms with E-state index in [4.69, 9.17) is 10.5 Å². The number of amides is 1. The molecule has 2 aromatic carbocycles. The molecular formula is C22H28FN3O2. The largest absolute Gasteiger partial charge is 0.491 e. The molecule has 1 fully saturated rings. The van der Waals surface area contributed by atoms with E-state index in [9.17, 15) is 9.18 Å². The maximum atomic E-state index is 13.1. The van der Waals surface area contributed by atoms with Crippen molar-refractivity contribution in [2.45, 2.75) is 32.4 Å². The molecule has 0 saturated carbocycles. The van der Waals surface area contributed by atoms with Crippen molar-refractivity contribution < 1.29 is 13.9 Å². The van der Waals surface area contributed by atoms with Crippen LogP contribution >= 0.6 is 0 Å². The summed E-state index contributed by atoms with van der Waals surface area (Å²) in [4.78, 5) is 15.2. The Balaban J connectivity index is 1.62. The first-order valence-corrected chi connectivity index (χ1v) is 9.76. The van der Waals surface area contributed by atoms with Crippen LogP contribution in [-0.4, -0.2) is 43.1 Å². The number of carbonyl (C=O) groups is 1. The van der Waals surface area contributed by atoms with Gasteiger partial charge in [-0.15, -0.1) is 0 Å². The fourth-order valence-electron chi connectivity index (χ4n) is 3.54. The molecule has 6 heteroatoms. The molecule has 0 spiro atoms. The third kappa shape index (κ3) is 5.53. The topological polar surface area (TPSA) is 67.6 Å². The highest BCUT2D eigenvalue weighted by atomic mass is 19.1. The number of ether oxygens (including phenoxy) is 1. The maximum absolute atomic E-state index is 13.1. The van der Waals surface area contributed by atoms with Crippen LogP contribution in [0.1, 0.15) is 34.3 Å². The highest BCUT2D eigenvalue weighted by molar-refractivity contribution is 5.97. The SMILES string of the molecule is Cc1ccc(OCCN)c(C(=O)N[C@@H]2CCCN(Cc3ccc(F)cc3)C2)c1. The predicted octanol–water partition coefficient (Wildman–Crippen LogP) is 2.87. The summed E-state index contributed by atoms with van der Waals surface area (Å²) in [5, 5.41) is 3.15. The molecule has 0 aromatic heterocycles. The molecule has 28 heavy (non-hydrogen) atoms. The van der Waals surface area contributed by atoms with Gasteiger partial charge in [0, 0.05) is 25.7 Å². The van der Waals surface area contributed by atoms with E-state index in [0.717, 1.165) is 43.6 Å². The van der Waals surface area contributed by atoms with E-state index in [1.54, 1.807) is 0 Å². The lowest BCUT2D eigenvalue weighted by atomic mass is 10.0. The number of aryl methyl sites for hydroxylation is 1. The fraction of sp³-hybridized carbons (Fsp3) is 0.409. The van der Waals surface area contributed by atoms with E-state index in [1.165, 1.54) is 12.1 Å². The number of piperidine rings is 1. The monoisotopic (exact) mass is 385 g/mol. The van der Waals surface area contributed by atoms with Crippen LogP contribution in [0.2, 0.25) is 0 Å². The number of nitrogens with two attached hydrogens (primary N) is 1. The van der Waals surface area contributed by atoms with Crippen molar-refractivity contribution in [1.82, 2.24) is 10.2 Å². The Morgan fingerprint density at radius 2 is 2.07 bits per heavy atom. The number of nitrogens with zero attached hydrogens (tertiary/aromatic N) is 1. The van der Waals surface area contributed by atoms with E-state index in [1.807, 2.05) is 37.3 Å². The summed E-state index contributed by atoms with van der Waals surface area (Å²) in [5.41, 5.74) is 8.14. The van der Waals surface area contributed by atoms with Crippen molar-refractivity contribution >= 4 is 5.91 Å². The summed E-state index contributed by atoms with van der Waals surface area (Å²) >= 11 is 0. The standard InChI is InChI=1S/C22H28FN3O2/c1-16-4-9-21(28-12-10-24)20(13-16)22(27)25-19-3-2-11-26(15-19)14-17-5-7-18(23)8-6-17/h4-9,13,19H,2-3,10-12,14-15,24H2,1H3,(H,25,27)/t19-/m1/s1. The van der Waals surface area contributed by atoms with Crippen LogP contribution < -0.4 is 15.8 Å². The number of hydrogen-bond acceptors (Lipinski definition) is 4. The van der Waals surface area contributed by atoms with Gasteiger partial charge in [0.05, 0.1) is 5.56 Å². The zero-order chi connectivity index (χ0) is 19.9. The smallest absolute Gasteiger partial charge is 0.255 e. The Morgan fingerprint density at radius 1 is 1.29 bits per heavy atom.